The molecule has 0 fully saturated rings. The van der Waals surface area contributed by atoms with Crippen LogP contribution >= 0.6 is 0 Å². The van der Waals surface area contributed by atoms with E-state index in [4.69, 9.17) is 0 Å². The first-order valence-corrected chi connectivity index (χ1v) is 5.89. The molecular weight excluding hydrogens is 214 g/mol. The van der Waals surface area contributed by atoms with Crippen LogP contribution in [0.3, 0.4) is 0 Å². The number of para-hydroxylation sites is 2. The van der Waals surface area contributed by atoms with E-state index in [9.17, 15) is 4.79 Å². The van der Waals surface area contributed by atoms with Crippen LogP contribution in [0.4, 0.5) is 0 Å². The van der Waals surface area contributed by atoms with E-state index >= 15 is 0 Å². The Morgan fingerprint density at radius 2 is 2.18 bits per heavy atom. The van der Waals surface area contributed by atoms with Crippen LogP contribution in [0.2, 0.25) is 0 Å². The van der Waals surface area contributed by atoms with Crippen molar-refractivity contribution in [3.63, 3.8) is 0 Å². The molecule has 0 radical (unpaired) electrons. The standard InChI is InChI=1S/C13H17N3O/c1-4-12(17)14-9(2)13-15-10-7-5-6-8-11(10)16(13)3/h5-9H,4H2,1-3H3,(H,14,17)/p+1. The first-order valence-electron chi connectivity index (χ1n) is 5.89. The smallest absolute Gasteiger partial charge is 0.277 e. The molecule has 0 saturated heterocycles. The van der Waals surface area contributed by atoms with Gasteiger partial charge in [0.1, 0.15) is 6.04 Å². The summed E-state index contributed by atoms with van der Waals surface area (Å²) in [4.78, 5) is 14.7. The van der Waals surface area contributed by atoms with Crippen molar-refractivity contribution in [3.8, 4) is 0 Å². The zero-order valence-electron chi connectivity index (χ0n) is 10.4. The Kier molecular flexibility index (Phi) is 3.13. The fourth-order valence-electron chi connectivity index (χ4n) is 2.03. The lowest BCUT2D eigenvalue weighted by atomic mass is 10.3. The van der Waals surface area contributed by atoms with Gasteiger partial charge < -0.3 is 5.32 Å². The Bertz CT molecular complexity index is 545. The molecule has 2 N–H and O–H groups in total. The number of benzene rings is 1. The van der Waals surface area contributed by atoms with Gasteiger partial charge in [-0.05, 0) is 19.1 Å². The van der Waals surface area contributed by atoms with Crippen molar-refractivity contribution in [1.29, 1.82) is 0 Å². The summed E-state index contributed by atoms with van der Waals surface area (Å²) in [5.74, 6) is 1.07. The minimum absolute atomic E-state index is 0.0140. The zero-order valence-corrected chi connectivity index (χ0v) is 10.4. The molecule has 17 heavy (non-hydrogen) atoms. The molecule has 1 atom stereocenters. The molecule has 1 heterocycles. The highest BCUT2D eigenvalue weighted by Gasteiger charge is 2.21. The van der Waals surface area contributed by atoms with Crippen LogP contribution in [0, 0.1) is 0 Å². The molecule has 1 amide bonds. The van der Waals surface area contributed by atoms with Gasteiger partial charge in [0.15, 0.2) is 11.0 Å². The van der Waals surface area contributed by atoms with Crippen LogP contribution in [0.1, 0.15) is 32.1 Å². The molecule has 4 nitrogen and oxygen atoms in total. The van der Waals surface area contributed by atoms with Gasteiger partial charge in [-0.25, -0.2) is 9.55 Å². The summed E-state index contributed by atoms with van der Waals surface area (Å²) in [7, 11) is 2.00. The molecule has 0 aliphatic rings. The number of aromatic amines is 1. The number of aryl methyl sites for hydroxylation is 1. The molecule has 0 aliphatic carbocycles. The molecule has 0 aliphatic heterocycles. The number of hydrogen-bond acceptors (Lipinski definition) is 1. The zero-order chi connectivity index (χ0) is 12.4. The largest absolute Gasteiger partial charge is 0.342 e. The summed E-state index contributed by atoms with van der Waals surface area (Å²) in [5.41, 5.74) is 2.22. The topological polar surface area (TPSA) is 48.8 Å². The predicted octanol–water partition coefficient (Wildman–Crippen LogP) is 1.58. The minimum Gasteiger partial charge on any atom is -0.342 e. The number of imidazole rings is 1. The van der Waals surface area contributed by atoms with E-state index in [2.05, 4.69) is 20.9 Å². The third kappa shape index (κ3) is 2.16. The molecular formula is C13H18N3O+. The van der Waals surface area contributed by atoms with Crippen molar-refractivity contribution in [1.82, 2.24) is 10.3 Å². The van der Waals surface area contributed by atoms with Gasteiger partial charge >= 0.3 is 0 Å². The van der Waals surface area contributed by atoms with Crippen LogP contribution in [0.15, 0.2) is 24.3 Å². The number of H-pyrrole nitrogens is 1. The van der Waals surface area contributed by atoms with E-state index < -0.39 is 0 Å². The molecule has 2 rings (SSSR count). The summed E-state index contributed by atoms with van der Waals surface area (Å²) in [6.45, 7) is 3.84. The molecule has 1 unspecified atom stereocenters. The maximum absolute atomic E-state index is 11.4. The molecule has 2 aromatic rings. The number of rotatable bonds is 3. The van der Waals surface area contributed by atoms with Crippen molar-refractivity contribution < 1.29 is 9.36 Å². The van der Waals surface area contributed by atoms with Gasteiger partial charge in [0.25, 0.3) is 5.82 Å². The first-order chi connectivity index (χ1) is 8.13. The van der Waals surface area contributed by atoms with Gasteiger partial charge in [-0.15, -0.1) is 0 Å². The number of nitrogens with zero attached hydrogens (tertiary/aromatic N) is 1. The highest BCUT2D eigenvalue weighted by molar-refractivity contribution is 5.76. The number of aromatic nitrogens is 2. The highest BCUT2D eigenvalue weighted by Crippen LogP contribution is 2.13. The van der Waals surface area contributed by atoms with E-state index in [1.54, 1.807) is 0 Å². The lowest BCUT2D eigenvalue weighted by Crippen LogP contribution is -2.38. The van der Waals surface area contributed by atoms with E-state index in [1.807, 2.05) is 39.1 Å². The quantitative estimate of drug-likeness (QED) is 0.776. The van der Waals surface area contributed by atoms with Gasteiger partial charge in [-0.1, -0.05) is 19.1 Å². The van der Waals surface area contributed by atoms with Crippen LogP contribution in [-0.4, -0.2) is 10.9 Å². The molecule has 4 heteroatoms. The Morgan fingerprint density at radius 1 is 1.47 bits per heavy atom. The van der Waals surface area contributed by atoms with Crippen LogP contribution in [-0.2, 0) is 11.8 Å². The molecule has 1 aromatic heterocycles. The van der Waals surface area contributed by atoms with Crippen molar-refractivity contribution in [2.45, 2.75) is 26.3 Å². The third-order valence-electron chi connectivity index (χ3n) is 3.00. The normalized spacial score (nSPS) is 12.6. The summed E-state index contributed by atoms with van der Waals surface area (Å²) in [6.07, 6.45) is 0.508. The molecule has 90 valence electrons. The van der Waals surface area contributed by atoms with E-state index in [0.29, 0.717) is 6.42 Å². The second-order valence-electron chi connectivity index (χ2n) is 4.23. The van der Waals surface area contributed by atoms with Gasteiger partial charge in [0, 0.05) is 6.42 Å². The Morgan fingerprint density at radius 3 is 2.82 bits per heavy atom. The Labute approximate surface area is 101 Å². The number of fused-ring (bicyclic) bond motifs is 1. The predicted molar refractivity (Wildman–Crippen MR) is 66.3 cm³/mol. The van der Waals surface area contributed by atoms with Gasteiger partial charge in [0.05, 0.1) is 7.05 Å². The summed E-state index contributed by atoms with van der Waals surface area (Å²) in [5, 5.41) is 2.96. The molecule has 0 saturated carbocycles. The second kappa shape index (κ2) is 4.57. The average molecular weight is 232 g/mol. The van der Waals surface area contributed by atoms with E-state index in [0.717, 1.165) is 16.9 Å². The average Bonchev–Trinajstić information content (AvgIpc) is 2.67. The number of carbonyl (C=O) groups excluding carboxylic acids is 1. The maximum atomic E-state index is 11.4. The lowest BCUT2D eigenvalue weighted by Gasteiger charge is -2.08. The highest BCUT2D eigenvalue weighted by atomic mass is 16.1. The van der Waals surface area contributed by atoms with Crippen LogP contribution < -0.4 is 9.88 Å². The minimum atomic E-state index is -0.0140. The number of hydrogen-bond donors (Lipinski definition) is 2. The molecule has 1 aromatic carbocycles. The first kappa shape index (κ1) is 11.6. The SMILES string of the molecule is CCC(=O)NC(C)c1[nH]c2ccccc2[n+]1C. The summed E-state index contributed by atoms with van der Waals surface area (Å²) in [6, 6.07) is 8.09. The fraction of sp³-hybridized carbons (Fsp3) is 0.385. The maximum Gasteiger partial charge on any atom is 0.277 e. The van der Waals surface area contributed by atoms with Crippen LogP contribution in [0.25, 0.3) is 11.0 Å². The van der Waals surface area contributed by atoms with E-state index in [-0.39, 0.29) is 11.9 Å². The molecule has 0 spiro atoms. The van der Waals surface area contributed by atoms with Crippen molar-refractivity contribution >= 4 is 16.9 Å². The monoisotopic (exact) mass is 232 g/mol. The number of carbonyl (C=O) groups is 1. The number of nitrogens with one attached hydrogen (secondary N) is 2. The van der Waals surface area contributed by atoms with Crippen molar-refractivity contribution in [2.75, 3.05) is 0 Å². The lowest BCUT2D eigenvalue weighted by molar-refractivity contribution is -0.654. The summed E-state index contributed by atoms with van der Waals surface area (Å²) >= 11 is 0. The number of amides is 1. The summed E-state index contributed by atoms with van der Waals surface area (Å²) < 4.78 is 2.08. The van der Waals surface area contributed by atoms with Crippen molar-refractivity contribution in [2.24, 2.45) is 7.05 Å². The second-order valence-corrected chi connectivity index (χ2v) is 4.23. The molecule has 0 bridgehead atoms. The Hall–Kier alpha value is -1.84. The van der Waals surface area contributed by atoms with Crippen LogP contribution in [0.5, 0.6) is 0 Å². The van der Waals surface area contributed by atoms with Gasteiger partial charge in [-0.2, -0.15) is 0 Å². The van der Waals surface area contributed by atoms with Gasteiger partial charge in [0.2, 0.25) is 5.91 Å². The van der Waals surface area contributed by atoms with Gasteiger partial charge in [-0.3, -0.25) is 4.79 Å². The fourth-order valence-corrected chi connectivity index (χ4v) is 2.03. The van der Waals surface area contributed by atoms with E-state index in [1.165, 1.54) is 0 Å². The van der Waals surface area contributed by atoms with Crippen molar-refractivity contribution in [3.05, 3.63) is 30.1 Å². The third-order valence-corrected chi connectivity index (χ3v) is 3.00. The Balaban J connectivity index is 2.35.